The van der Waals surface area contributed by atoms with Crippen LogP contribution >= 0.6 is 0 Å². The van der Waals surface area contributed by atoms with Crippen molar-refractivity contribution in [3.8, 4) is 0 Å². The molecule has 2 unspecified atom stereocenters. The molecule has 32 heavy (non-hydrogen) atoms. The normalized spacial score (nSPS) is 20.9. The summed E-state index contributed by atoms with van der Waals surface area (Å²) in [7, 11) is 0. The number of benzene rings is 2. The van der Waals surface area contributed by atoms with Crippen molar-refractivity contribution in [1.82, 2.24) is 0 Å². The van der Waals surface area contributed by atoms with E-state index in [2.05, 4.69) is 0 Å². The van der Waals surface area contributed by atoms with Crippen molar-refractivity contribution in [2.45, 2.75) is 31.1 Å². The van der Waals surface area contributed by atoms with E-state index >= 15 is 0 Å². The van der Waals surface area contributed by atoms with Crippen molar-refractivity contribution in [2.75, 3.05) is 4.90 Å². The molecule has 160 valence electrons. The van der Waals surface area contributed by atoms with Gasteiger partial charge in [-0.05, 0) is 54.3 Å². The van der Waals surface area contributed by atoms with E-state index in [0.29, 0.717) is 41.1 Å². The Morgan fingerprint density at radius 2 is 1.66 bits per heavy atom. The zero-order chi connectivity index (χ0) is 22.2. The third kappa shape index (κ3) is 3.43. The van der Waals surface area contributed by atoms with E-state index in [0.717, 1.165) is 5.56 Å². The summed E-state index contributed by atoms with van der Waals surface area (Å²) in [5.41, 5.74) is 8.77. The molecule has 2 aromatic carbocycles. The molecule has 2 heterocycles. The number of rotatable bonds is 4. The topological polar surface area (TPSA) is 93.6 Å². The molecule has 1 aliphatic heterocycles. The highest BCUT2D eigenvalue weighted by Gasteiger charge is 2.43. The minimum atomic E-state index is -0.531. The van der Waals surface area contributed by atoms with Gasteiger partial charge >= 0.3 is 0 Å². The number of carbonyl (C=O) groups is 3. The van der Waals surface area contributed by atoms with Crippen LogP contribution in [0.25, 0.3) is 0 Å². The molecule has 2 N–H and O–H groups in total. The molecule has 6 nitrogen and oxygen atoms in total. The number of ketones is 1. The van der Waals surface area contributed by atoms with Crippen molar-refractivity contribution in [3.05, 3.63) is 101 Å². The smallest absolute Gasteiger partial charge is 0.248 e. The first-order chi connectivity index (χ1) is 15.5. The van der Waals surface area contributed by atoms with E-state index in [1.54, 1.807) is 41.5 Å². The molecule has 2 amide bonds. The van der Waals surface area contributed by atoms with E-state index in [4.69, 9.17) is 10.2 Å². The van der Waals surface area contributed by atoms with Gasteiger partial charge in [0.15, 0.2) is 5.78 Å². The molecule has 2 aliphatic rings. The lowest BCUT2D eigenvalue weighted by atomic mass is 9.74. The van der Waals surface area contributed by atoms with Crippen LogP contribution < -0.4 is 10.6 Å². The number of carbonyl (C=O) groups excluding carboxylic acids is 3. The number of nitrogens with zero attached hydrogens (tertiary/aromatic N) is 1. The van der Waals surface area contributed by atoms with E-state index in [9.17, 15) is 14.4 Å². The van der Waals surface area contributed by atoms with E-state index in [-0.39, 0.29) is 24.0 Å². The summed E-state index contributed by atoms with van der Waals surface area (Å²) in [5, 5.41) is 0. The largest absolute Gasteiger partial charge is 0.469 e. The number of anilines is 1. The van der Waals surface area contributed by atoms with Crippen LogP contribution in [-0.2, 0) is 9.59 Å². The Bertz CT molecular complexity index is 1210. The minimum absolute atomic E-state index is 0.0157. The molecule has 3 aromatic rings. The fraction of sp³-hybridized carbons (Fsp3) is 0.192. The van der Waals surface area contributed by atoms with Crippen LogP contribution in [0, 0.1) is 0 Å². The monoisotopic (exact) mass is 426 g/mol. The summed E-state index contributed by atoms with van der Waals surface area (Å²) in [6.07, 6.45) is 2.66. The van der Waals surface area contributed by atoms with Gasteiger partial charge in [0, 0.05) is 35.4 Å². The van der Waals surface area contributed by atoms with Gasteiger partial charge in [-0.2, -0.15) is 0 Å². The average Bonchev–Trinajstić information content (AvgIpc) is 3.34. The zero-order valence-corrected chi connectivity index (χ0v) is 17.4. The highest BCUT2D eigenvalue weighted by atomic mass is 16.3. The zero-order valence-electron chi connectivity index (χ0n) is 17.4. The van der Waals surface area contributed by atoms with Gasteiger partial charge in [-0.3, -0.25) is 19.3 Å². The van der Waals surface area contributed by atoms with Crippen LogP contribution in [0.4, 0.5) is 5.69 Å². The molecule has 1 aromatic heterocycles. The van der Waals surface area contributed by atoms with Gasteiger partial charge in [-0.1, -0.05) is 30.3 Å². The van der Waals surface area contributed by atoms with Crippen molar-refractivity contribution in [3.63, 3.8) is 0 Å². The van der Waals surface area contributed by atoms with Crippen LogP contribution in [0.1, 0.15) is 52.8 Å². The number of amides is 2. The van der Waals surface area contributed by atoms with Crippen molar-refractivity contribution in [1.29, 1.82) is 0 Å². The van der Waals surface area contributed by atoms with E-state index < -0.39 is 11.8 Å². The second kappa shape index (κ2) is 7.96. The highest BCUT2D eigenvalue weighted by Crippen LogP contribution is 2.47. The summed E-state index contributed by atoms with van der Waals surface area (Å²) in [4.78, 5) is 39.9. The van der Waals surface area contributed by atoms with Gasteiger partial charge in [0.2, 0.25) is 11.8 Å². The Hall–Kier alpha value is -3.93. The van der Waals surface area contributed by atoms with E-state index in [1.807, 2.05) is 36.4 Å². The second-order valence-corrected chi connectivity index (χ2v) is 8.21. The maximum absolute atomic E-state index is 13.4. The van der Waals surface area contributed by atoms with Gasteiger partial charge < -0.3 is 10.2 Å². The summed E-state index contributed by atoms with van der Waals surface area (Å²) in [6, 6.07) is 20.1. The minimum Gasteiger partial charge on any atom is -0.469 e. The molecule has 0 saturated carbocycles. The first kappa shape index (κ1) is 20.0. The Labute approximate surface area is 185 Å². The SMILES string of the molecule is NC(=O)c1ccc(N2C(=O)CC(c3ccco3)C3=C2CC(c2ccccc2)CC3=O)cc1. The Balaban J connectivity index is 1.62. The number of hydrogen-bond donors (Lipinski definition) is 1. The van der Waals surface area contributed by atoms with E-state index in [1.165, 1.54) is 0 Å². The number of nitrogens with two attached hydrogens (primary N) is 1. The fourth-order valence-electron chi connectivity index (χ4n) is 4.80. The molecule has 0 bridgehead atoms. The standard InChI is InChI=1S/C26H22N2O4/c27-26(31)17-8-10-19(11-9-17)28-21-13-18(16-5-2-1-3-6-16)14-22(29)25(21)20(15-24(28)30)23-7-4-12-32-23/h1-12,18,20H,13-15H2,(H2,27,31). The van der Waals surface area contributed by atoms with Crippen LogP contribution in [0.15, 0.2) is 88.7 Å². The third-order valence-corrected chi connectivity index (χ3v) is 6.30. The van der Waals surface area contributed by atoms with Gasteiger partial charge in [0.25, 0.3) is 0 Å². The Kier molecular flexibility index (Phi) is 4.98. The van der Waals surface area contributed by atoms with Crippen LogP contribution in [-0.4, -0.2) is 17.6 Å². The van der Waals surface area contributed by atoms with Gasteiger partial charge in [0.1, 0.15) is 5.76 Å². The number of Topliss-reactive ketones (excluding diaryl/α,β-unsaturated/α-hetero) is 1. The summed E-state index contributed by atoms with van der Waals surface area (Å²) >= 11 is 0. The first-order valence-corrected chi connectivity index (χ1v) is 10.6. The number of primary amides is 1. The molecular formula is C26H22N2O4. The lowest BCUT2D eigenvalue weighted by molar-refractivity contribution is -0.120. The van der Waals surface area contributed by atoms with Crippen LogP contribution in [0.2, 0.25) is 0 Å². The number of hydrogen-bond acceptors (Lipinski definition) is 4. The molecule has 0 spiro atoms. The van der Waals surface area contributed by atoms with Crippen molar-refractivity contribution < 1.29 is 18.8 Å². The molecule has 0 fully saturated rings. The third-order valence-electron chi connectivity index (χ3n) is 6.30. The highest BCUT2D eigenvalue weighted by molar-refractivity contribution is 6.08. The number of furan rings is 1. The lowest BCUT2D eigenvalue weighted by Crippen LogP contribution is -2.41. The summed E-state index contributed by atoms with van der Waals surface area (Å²) in [6.45, 7) is 0. The Morgan fingerprint density at radius 1 is 0.906 bits per heavy atom. The molecule has 0 radical (unpaired) electrons. The van der Waals surface area contributed by atoms with Crippen LogP contribution in [0.3, 0.4) is 0 Å². The lowest BCUT2D eigenvalue weighted by Gasteiger charge is -2.40. The predicted molar refractivity (Wildman–Crippen MR) is 119 cm³/mol. The molecule has 0 saturated heterocycles. The molecule has 6 heteroatoms. The van der Waals surface area contributed by atoms with Gasteiger partial charge in [-0.15, -0.1) is 0 Å². The molecule has 1 aliphatic carbocycles. The number of allylic oxidation sites excluding steroid dienone is 2. The molecule has 5 rings (SSSR count). The summed E-state index contributed by atoms with van der Waals surface area (Å²) < 4.78 is 5.60. The summed E-state index contributed by atoms with van der Waals surface area (Å²) in [5.74, 6) is -0.389. The molecule has 2 atom stereocenters. The fourth-order valence-corrected chi connectivity index (χ4v) is 4.80. The molecular weight excluding hydrogens is 404 g/mol. The van der Waals surface area contributed by atoms with Crippen LogP contribution in [0.5, 0.6) is 0 Å². The quantitative estimate of drug-likeness (QED) is 0.673. The average molecular weight is 426 g/mol. The van der Waals surface area contributed by atoms with Gasteiger partial charge in [-0.25, -0.2) is 0 Å². The maximum Gasteiger partial charge on any atom is 0.248 e. The van der Waals surface area contributed by atoms with Crippen molar-refractivity contribution in [2.24, 2.45) is 5.73 Å². The predicted octanol–water partition coefficient (Wildman–Crippen LogP) is 4.30. The first-order valence-electron chi connectivity index (χ1n) is 10.6. The van der Waals surface area contributed by atoms with Crippen molar-refractivity contribution >= 4 is 23.3 Å². The van der Waals surface area contributed by atoms with Gasteiger partial charge in [0.05, 0.1) is 12.2 Å². The maximum atomic E-state index is 13.4. The Morgan fingerprint density at radius 3 is 2.31 bits per heavy atom. The second-order valence-electron chi connectivity index (χ2n) is 8.21.